The molecule has 0 spiro atoms. The van der Waals surface area contributed by atoms with Crippen molar-refractivity contribution in [3.05, 3.63) is 73.6 Å². The zero-order valence-corrected chi connectivity index (χ0v) is 17.2. The van der Waals surface area contributed by atoms with Gasteiger partial charge in [0.2, 0.25) is 0 Å². The Morgan fingerprint density at radius 1 is 1.12 bits per heavy atom. The number of aryl methyl sites for hydroxylation is 2. The van der Waals surface area contributed by atoms with Crippen molar-refractivity contribution in [2.75, 3.05) is 0 Å². The van der Waals surface area contributed by atoms with Gasteiger partial charge in [-0.3, -0.25) is 0 Å². The van der Waals surface area contributed by atoms with E-state index in [4.69, 9.17) is 11.6 Å². The zero-order chi connectivity index (χ0) is 19.0. The van der Waals surface area contributed by atoms with E-state index in [0.717, 1.165) is 26.7 Å². The zero-order valence-electron chi connectivity index (χ0n) is 14.9. The minimum Gasteiger partial charge on any atom is -0.393 e. The van der Waals surface area contributed by atoms with Gasteiger partial charge in [0.15, 0.2) is 5.70 Å². The molecule has 0 radical (unpaired) electrons. The van der Waals surface area contributed by atoms with E-state index in [9.17, 15) is 0 Å². The van der Waals surface area contributed by atoms with E-state index in [0.29, 0.717) is 27.8 Å². The van der Waals surface area contributed by atoms with Crippen molar-refractivity contribution in [3.63, 3.8) is 0 Å². The largest absolute Gasteiger partial charge is 0.737 e. The van der Waals surface area contributed by atoms with Gasteiger partial charge in [-0.1, -0.05) is 17.7 Å². The van der Waals surface area contributed by atoms with Crippen LogP contribution >= 0.6 is 27.5 Å². The summed E-state index contributed by atoms with van der Waals surface area (Å²) in [6, 6.07) is 7.42. The van der Waals surface area contributed by atoms with Crippen molar-refractivity contribution >= 4 is 45.8 Å². The van der Waals surface area contributed by atoms with Crippen LogP contribution in [0.2, 0.25) is 5.02 Å². The van der Waals surface area contributed by atoms with Crippen molar-refractivity contribution < 1.29 is 13.1 Å². The first-order chi connectivity index (χ1) is 12.1. The molecule has 0 fully saturated rings. The smallest absolute Gasteiger partial charge is 0.393 e. The quantitative estimate of drug-likeness (QED) is 0.487. The van der Waals surface area contributed by atoms with Gasteiger partial charge in [0.05, 0.1) is 10.6 Å². The summed E-state index contributed by atoms with van der Waals surface area (Å²) < 4.78 is 34.2. The maximum atomic E-state index is 15.5. The van der Waals surface area contributed by atoms with Gasteiger partial charge in [0, 0.05) is 28.7 Å². The number of aromatic nitrogens is 1. The van der Waals surface area contributed by atoms with Crippen LogP contribution in [0, 0.1) is 13.8 Å². The monoisotopic (exact) mass is 436 g/mol. The van der Waals surface area contributed by atoms with Crippen LogP contribution in [0.5, 0.6) is 0 Å². The Labute approximate surface area is 164 Å². The second kappa shape index (κ2) is 5.67. The number of halogens is 4. The summed E-state index contributed by atoms with van der Waals surface area (Å²) in [5.41, 5.74) is 5.54. The molecule has 7 heteroatoms. The van der Waals surface area contributed by atoms with Crippen molar-refractivity contribution in [3.8, 4) is 0 Å². The van der Waals surface area contributed by atoms with E-state index in [1.165, 1.54) is 8.96 Å². The Morgan fingerprint density at radius 2 is 1.81 bits per heavy atom. The van der Waals surface area contributed by atoms with E-state index in [1.807, 2.05) is 44.2 Å². The standard InChI is InChI=1S/C19H17BBrClF2N2/c1-10-7-12(3)25-18(10)17(14-5-6-15(21)16(22)9-14)19-11(2)8-13(4)26(19)20(25,23)24/h5-9H,1-4H3. The van der Waals surface area contributed by atoms with Gasteiger partial charge in [-0.25, -0.2) is 0 Å². The highest BCUT2D eigenvalue weighted by Crippen LogP contribution is 2.44. The number of nitrogens with zero attached hydrogens (tertiary/aromatic N) is 2. The van der Waals surface area contributed by atoms with Gasteiger partial charge < -0.3 is 17.6 Å². The minimum atomic E-state index is -3.95. The number of fused-ring (bicyclic) bond motifs is 2. The minimum absolute atomic E-state index is 0.554. The molecule has 0 aliphatic carbocycles. The average Bonchev–Trinajstić information content (AvgIpc) is 3.01. The molecule has 0 saturated carbocycles. The van der Waals surface area contributed by atoms with Crippen molar-refractivity contribution in [1.82, 2.24) is 4.48 Å². The molecule has 0 N–H and O–H groups in total. The molecule has 2 aliphatic rings. The van der Waals surface area contributed by atoms with Crippen LogP contribution in [0.25, 0.3) is 5.57 Å². The van der Waals surface area contributed by atoms with Gasteiger partial charge in [0.25, 0.3) is 0 Å². The number of rotatable bonds is 1. The molecule has 0 amide bonds. The highest BCUT2D eigenvalue weighted by Gasteiger charge is 2.55. The molecule has 2 aromatic rings. The summed E-state index contributed by atoms with van der Waals surface area (Å²) in [6.07, 6.45) is 1.82. The van der Waals surface area contributed by atoms with Crippen LogP contribution in [-0.4, -0.2) is 21.6 Å². The fourth-order valence-electron chi connectivity index (χ4n) is 4.22. The van der Waals surface area contributed by atoms with Crippen LogP contribution < -0.4 is 0 Å². The van der Waals surface area contributed by atoms with E-state index in [2.05, 4.69) is 15.9 Å². The first kappa shape index (κ1) is 17.7. The molecule has 0 atom stereocenters. The fraction of sp³-hybridized carbons (Fsp3) is 0.211. The Kier molecular flexibility index (Phi) is 3.87. The van der Waals surface area contributed by atoms with Gasteiger partial charge in [-0.05, 0) is 71.7 Å². The second-order valence-corrected chi connectivity index (χ2v) is 8.23. The normalized spacial score (nSPS) is 18.2. The number of hydrogen-bond donors (Lipinski definition) is 0. The lowest BCUT2D eigenvalue weighted by atomic mass is 9.84. The van der Waals surface area contributed by atoms with Crippen LogP contribution in [-0.2, 0) is 0 Å². The first-order valence-corrected chi connectivity index (χ1v) is 9.54. The summed E-state index contributed by atoms with van der Waals surface area (Å²) in [5, 5.41) is 0.554. The molecule has 2 nitrogen and oxygen atoms in total. The molecule has 1 aromatic heterocycles. The van der Waals surface area contributed by atoms with E-state index < -0.39 is 6.97 Å². The van der Waals surface area contributed by atoms with Crippen LogP contribution in [0.4, 0.5) is 8.63 Å². The molecular formula is C19H17BBrClF2N2. The molecule has 3 heterocycles. The average molecular weight is 438 g/mol. The lowest BCUT2D eigenvalue weighted by Crippen LogP contribution is -2.51. The number of allylic oxidation sites excluding steroid dienone is 2. The predicted molar refractivity (Wildman–Crippen MR) is 107 cm³/mol. The molecule has 4 rings (SSSR count). The van der Waals surface area contributed by atoms with Gasteiger partial charge in [-0.2, -0.15) is 0 Å². The van der Waals surface area contributed by atoms with Crippen molar-refractivity contribution in [1.29, 1.82) is 0 Å². The van der Waals surface area contributed by atoms with Crippen molar-refractivity contribution in [2.45, 2.75) is 27.7 Å². The molecule has 26 heavy (non-hydrogen) atoms. The van der Waals surface area contributed by atoms with Crippen LogP contribution in [0.3, 0.4) is 0 Å². The Morgan fingerprint density at radius 3 is 2.46 bits per heavy atom. The van der Waals surface area contributed by atoms with E-state index in [-0.39, 0.29) is 0 Å². The predicted octanol–water partition coefficient (Wildman–Crippen LogP) is 5.95. The Hall–Kier alpha value is -1.66. The van der Waals surface area contributed by atoms with E-state index >= 15 is 8.63 Å². The lowest BCUT2D eigenvalue weighted by molar-refractivity contribution is -0.363. The molecule has 0 unspecified atom stereocenters. The highest BCUT2D eigenvalue weighted by atomic mass is 79.9. The first-order valence-electron chi connectivity index (χ1n) is 8.37. The third-order valence-corrected chi connectivity index (χ3v) is 6.38. The summed E-state index contributed by atoms with van der Waals surface area (Å²) in [7, 11) is 0. The third-order valence-electron chi connectivity index (χ3n) is 5.14. The molecule has 0 bridgehead atoms. The Bertz CT molecular complexity index is 1080. The lowest BCUT2D eigenvalue weighted by Gasteiger charge is -2.34. The van der Waals surface area contributed by atoms with Gasteiger partial charge in [-0.15, -0.1) is 0 Å². The third kappa shape index (κ3) is 2.24. The summed E-state index contributed by atoms with van der Waals surface area (Å²) in [6.45, 7) is 3.28. The molecule has 0 saturated heterocycles. The second-order valence-electron chi connectivity index (χ2n) is 6.97. The number of benzene rings is 1. The van der Waals surface area contributed by atoms with Crippen LogP contribution in [0.15, 0.2) is 46.1 Å². The molecule has 1 aromatic carbocycles. The van der Waals surface area contributed by atoms with E-state index in [1.54, 1.807) is 13.8 Å². The van der Waals surface area contributed by atoms with Crippen molar-refractivity contribution in [2.24, 2.45) is 0 Å². The highest BCUT2D eigenvalue weighted by molar-refractivity contribution is 9.10. The number of hydrogen-bond acceptors (Lipinski definition) is 0. The SMILES string of the molecule is CC1=CC(C)=[N+]2C1=C(c1ccc(Br)c(Cl)c1)c1c(C)cc(C)n1[B-]2(F)F. The molecule has 134 valence electrons. The maximum absolute atomic E-state index is 15.5. The van der Waals surface area contributed by atoms with Gasteiger partial charge >= 0.3 is 6.97 Å². The maximum Gasteiger partial charge on any atom is 0.737 e. The summed E-state index contributed by atoms with van der Waals surface area (Å²) >= 11 is 9.72. The topological polar surface area (TPSA) is 7.94 Å². The molecular weight excluding hydrogens is 420 g/mol. The fourth-order valence-corrected chi connectivity index (χ4v) is 4.65. The van der Waals surface area contributed by atoms with Gasteiger partial charge in [0.1, 0.15) is 5.71 Å². The molecule has 2 aliphatic heterocycles. The summed E-state index contributed by atoms with van der Waals surface area (Å²) in [5.74, 6) is 0. The Balaban J connectivity index is 2.17. The van der Waals surface area contributed by atoms with Crippen LogP contribution in [0.1, 0.15) is 36.4 Å². The summed E-state index contributed by atoms with van der Waals surface area (Å²) in [4.78, 5) is 0.